The number of hydrogen-bond acceptors (Lipinski definition) is 5. The number of para-hydroxylation sites is 1. The average molecular weight is 488 g/mol. The van der Waals surface area contributed by atoms with Gasteiger partial charge < -0.3 is 25.0 Å². The van der Waals surface area contributed by atoms with Crippen LogP contribution in [-0.4, -0.2) is 49.6 Å². The number of benzene rings is 3. The van der Waals surface area contributed by atoms with Gasteiger partial charge in [-0.05, 0) is 61.4 Å². The van der Waals surface area contributed by atoms with Crippen LogP contribution >= 0.6 is 0 Å². The van der Waals surface area contributed by atoms with Gasteiger partial charge in [0, 0.05) is 36.1 Å². The Morgan fingerprint density at radius 3 is 2.11 bits per heavy atom. The second kappa shape index (κ2) is 13.2. The number of nitrogens with zero attached hydrogens (tertiary/aromatic N) is 1. The Morgan fingerprint density at radius 2 is 1.39 bits per heavy atom. The molecular formula is C29H33N3O4. The molecule has 1 saturated heterocycles. The van der Waals surface area contributed by atoms with E-state index >= 15 is 0 Å². The van der Waals surface area contributed by atoms with E-state index in [9.17, 15) is 9.59 Å². The molecule has 3 aromatic rings. The minimum atomic E-state index is -0.177. The van der Waals surface area contributed by atoms with Crippen molar-refractivity contribution in [3.05, 3.63) is 84.4 Å². The van der Waals surface area contributed by atoms with Crippen LogP contribution in [0.3, 0.4) is 0 Å². The van der Waals surface area contributed by atoms with Gasteiger partial charge in [0.2, 0.25) is 5.91 Å². The number of ether oxygens (including phenoxy) is 2. The number of hydrogen-bond donors (Lipinski definition) is 2. The summed E-state index contributed by atoms with van der Waals surface area (Å²) in [6, 6.07) is 24.2. The highest BCUT2D eigenvalue weighted by atomic mass is 16.5. The van der Waals surface area contributed by atoms with Gasteiger partial charge in [0.15, 0.2) is 0 Å². The molecule has 1 fully saturated rings. The second-order valence-corrected chi connectivity index (χ2v) is 8.72. The number of carbonyl (C=O) groups is 2. The highest BCUT2D eigenvalue weighted by Crippen LogP contribution is 2.18. The van der Waals surface area contributed by atoms with Gasteiger partial charge >= 0.3 is 0 Å². The Morgan fingerprint density at radius 1 is 0.722 bits per heavy atom. The van der Waals surface area contributed by atoms with E-state index < -0.39 is 0 Å². The molecule has 0 atom stereocenters. The van der Waals surface area contributed by atoms with E-state index in [0.29, 0.717) is 30.2 Å². The lowest BCUT2D eigenvalue weighted by Crippen LogP contribution is -2.31. The molecule has 2 amide bonds. The molecule has 0 aliphatic carbocycles. The van der Waals surface area contributed by atoms with Crippen molar-refractivity contribution in [1.29, 1.82) is 0 Å². The minimum absolute atomic E-state index is 0.0603. The summed E-state index contributed by atoms with van der Waals surface area (Å²) < 4.78 is 11.4. The Bertz CT molecular complexity index is 1110. The standard InChI is InChI=1S/C29H33N3O4/c33-28(31-24-15-13-23(14-16-24)29(34)32-17-6-1-2-7-18-32)22-30-25-9-8-12-27(21-25)36-20-19-35-26-10-4-3-5-11-26/h3-5,8-16,21,30H,1-2,6-7,17-20,22H2,(H,31,33). The van der Waals surface area contributed by atoms with Crippen molar-refractivity contribution in [1.82, 2.24) is 4.90 Å². The van der Waals surface area contributed by atoms with Gasteiger partial charge in [-0.1, -0.05) is 37.1 Å². The number of anilines is 2. The van der Waals surface area contributed by atoms with Crippen molar-refractivity contribution in [2.45, 2.75) is 25.7 Å². The molecule has 3 aromatic carbocycles. The Kier molecular flexibility index (Phi) is 9.19. The minimum Gasteiger partial charge on any atom is -0.490 e. The van der Waals surface area contributed by atoms with Gasteiger partial charge in [-0.2, -0.15) is 0 Å². The van der Waals surface area contributed by atoms with Gasteiger partial charge in [-0.3, -0.25) is 9.59 Å². The van der Waals surface area contributed by atoms with Crippen LogP contribution in [0.4, 0.5) is 11.4 Å². The molecule has 4 rings (SSSR count). The fraction of sp³-hybridized carbons (Fsp3) is 0.310. The first-order valence-corrected chi connectivity index (χ1v) is 12.5. The van der Waals surface area contributed by atoms with E-state index in [2.05, 4.69) is 10.6 Å². The van der Waals surface area contributed by atoms with Crippen LogP contribution < -0.4 is 20.1 Å². The van der Waals surface area contributed by atoms with Crippen LogP contribution in [0.15, 0.2) is 78.9 Å². The lowest BCUT2D eigenvalue weighted by atomic mass is 10.1. The molecule has 7 heteroatoms. The number of nitrogens with one attached hydrogen (secondary N) is 2. The number of carbonyl (C=O) groups excluding carboxylic acids is 2. The number of rotatable bonds is 10. The predicted octanol–water partition coefficient (Wildman–Crippen LogP) is 5.21. The third-order valence-corrected chi connectivity index (χ3v) is 5.96. The maximum atomic E-state index is 12.7. The molecule has 7 nitrogen and oxygen atoms in total. The zero-order valence-electron chi connectivity index (χ0n) is 20.4. The monoisotopic (exact) mass is 487 g/mol. The molecule has 0 spiro atoms. The van der Waals surface area contributed by atoms with Gasteiger partial charge in [-0.15, -0.1) is 0 Å². The van der Waals surface area contributed by atoms with E-state index in [1.807, 2.05) is 59.5 Å². The van der Waals surface area contributed by atoms with E-state index in [1.165, 1.54) is 12.8 Å². The van der Waals surface area contributed by atoms with Crippen molar-refractivity contribution < 1.29 is 19.1 Å². The predicted molar refractivity (Wildman–Crippen MR) is 142 cm³/mol. The Labute approximate surface area is 212 Å². The summed E-state index contributed by atoms with van der Waals surface area (Å²) in [5.74, 6) is 1.39. The molecule has 1 heterocycles. The van der Waals surface area contributed by atoms with Gasteiger partial charge in [0.25, 0.3) is 5.91 Å². The lowest BCUT2D eigenvalue weighted by Gasteiger charge is -2.20. The summed E-state index contributed by atoms with van der Waals surface area (Å²) in [5, 5.41) is 5.98. The van der Waals surface area contributed by atoms with E-state index in [4.69, 9.17) is 9.47 Å². The maximum absolute atomic E-state index is 12.7. The molecule has 0 unspecified atom stereocenters. The van der Waals surface area contributed by atoms with Crippen LogP contribution in [0, 0.1) is 0 Å². The average Bonchev–Trinajstić information content (AvgIpc) is 3.21. The molecule has 0 radical (unpaired) electrons. The van der Waals surface area contributed by atoms with Gasteiger partial charge in [-0.25, -0.2) is 0 Å². The van der Waals surface area contributed by atoms with E-state index in [1.54, 1.807) is 24.3 Å². The van der Waals surface area contributed by atoms with Crippen molar-refractivity contribution in [3.63, 3.8) is 0 Å². The molecule has 0 saturated carbocycles. The van der Waals surface area contributed by atoms with Crippen LogP contribution in [0.1, 0.15) is 36.0 Å². The molecule has 36 heavy (non-hydrogen) atoms. The quantitative estimate of drug-likeness (QED) is 0.384. The molecule has 1 aliphatic heterocycles. The smallest absolute Gasteiger partial charge is 0.253 e. The van der Waals surface area contributed by atoms with Crippen LogP contribution in [0.5, 0.6) is 11.5 Å². The zero-order chi connectivity index (χ0) is 25.0. The Balaban J connectivity index is 1.19. The van der Waals surface area contributed by atoms with Crippen molar-refractivity contribution in [3.8, 4) is 11.5 Å². The van der Waals surface area contributed by atoms with Crippen molar-refractivity contribution >= 4 is 23.2 Å². The van der Waals surface area contributed by atoms with Crippen LogP contribution in [0.25, 0.3) is 0 Å². The zero-order valence-corrected chi connectivity index (χ0v) is 20.4. The summed E-state index contributed by atoms with van der Waals surface area (Å²) in [7, 11) is 0. The highest BCUT2D eigenvalue weighted by Gasteiger charge is 2.17. The fourth-order valence-corrected chi connectivity index (χ4v) is 4.07. The number of likely N-dealkylation sites (tertiary alicyclic amines) is 1. The molecular weight excluding hydrogens is 454 g/mol. The van der Waals surface area contributed by atoms with Crippen LogP contribution in [-0.2, 0) is 4.79 Å². The first-order valence-electron chi connectivity index (χ1n) is 12.5. The lowest BCUT2D eigenvalue weighted by molar-refractivity contribution is -0.114. The molecule has 0 bridgehead atoms. The Hall–Kier alpha value is -4.00. The third kappa shape index (κ3) is 7.77. The number of amides is 2. The normalized spacial score (nSPS) is 13.4. The highest BCUT2D eigenvalue weighted by molar-refractivity contribution is 5.96. The maximum Gasteiger partial charge on any atom is 0.253 e. The van der Waals surface area contributed by atoms with Crippen molar-refractivity contribution in [2.24, 2.45) is 0 Å². The SMILES string of the molecule is O=C(CNc1cccc(OCCOc2ccccc2)c1)Nc1ccc(C(=O)N2CCCCCC2)cc1. The molecule has 0 aromatic heterocycles. The third-order valence-electron chi connectivity index (χ3n) is 5.96. The summed E-state index contributed by atoms with van der Waals surface area (Å²) in [6.07, 6.45) is 4.49. The van der Waals surface area contributed by atoms with Gasteiger partial charge in [0.05, 0.1) is 6.54 Å². The summed E-state index contributed by atoms with van der Waals surface area (Å²) in [5.41, 5.74) is 2.09. The largest absolute Gasteiger partial charge is 0.490 e. The van der Waals surface area contributed by atoms with E-state index in [-0.39, 0.29) is 18.4 Å². The summed E-state index contributed by atoms with van der Waals surface area (Å²) in [6.45, 7) is 2.59. The molecule has 2 N–H and O–H groups in total. The first-order chi connectivity index (χ1) is 17.7. The topological polar surface area (TPSA) is 79.9 Å². The summed E-state index contributed by atoms with van der Waals surface area (Å²) >= 11 is 0. The van der Waals surface area contributed by atoms with Gasteiger partial charge in [0.1, 0.15) is 24.7 Å². The first kappa shape index (κ1) is 25.1. The molecule has 188 valence electrons. The summed E-state index contributed by atoms with van der Waals surface area (Å²) in [4.78, 5) is 27.1. The fourth-order valence-electron chi connectivity index (χ4n) is 4.07. The van der Waals surface area contributed by atoms with Crippen molar-refractivity contribution in [2.75, 3.05) is 43.5 Å². The molecule has 1 aliphatic rings. The van der Waals surface area contributed by atoms with E-state index in [0.717, 1.165) is 37.4 Å². The second-order valence-electron chi connectivity index (χ2n) is 8.72. The van der Waals surface area contributed by atoms with Crippen LogP contribution in [0.2, 0.25) is 0 Å².